The van der Waals surface area contributed by atoms with Gasteiger partial charge < -0.3 is 14.5 Å². The lowest BCUT2D eigenvalue weighted by molar-refractivity contribution is -0.145. The molecule has 1 amide bonds. The van der Waals surface area contributed by atoms with Gasteiger partial charge >= 0.3 is 0 Å². The maximum atomic E-state index is 12.9. The molecule has 25 heavy (non-hydrogen) atoms. The molecule has 1 aromatic heterocycles. The summed E-state index contributed by atoms with van der Waals surface area (Å²) in [6, 6.07) is 8.82. The highest BCUT2D eigenvalue weighted by Gasteiger charge is 2.36. The molecule has 0 aliphatic carbocycles. The largest absolute Gasteiger partial charge is 0.478 e. The Labute approximate surface area is 152 Å². The van der Waals surface area contributed by atoms with Crippen LogP contribution in [0.5, 0.6) is 5.75 Å². The van der Waals surface area contributed by atoms with Gasteiger partial charge in [-0.3, -0.25) is 4.79 Å². The van der Waals surface area contributed by atoms with Crippen molar-refractivity contribution in [2.75, 3.05) is 31.1 Å². The van der Waals surface area contributed by atoms with Crippen LogP contribution in [0.2, 0.25) is 5.02 Å². The molecule has 0 spiro atoms. The first kappa shape index (κ1) is 17.5. The van der Waals surface area contributed by atoms with Crippen molar-refractivity contribution in [3.05, 3.63) is 47.7 Å². The number of hydrogen-bond acceptors (Lipinski definition) is 5. The van der Waals surface area contributed by atoms with Crippen LogP contribution in [0.15, 0.2) is 42.7 Å². The second kappa shape index (κ2) is 7.27. The van der Waals surface area contributed by atoms with Gasteiger partial charge in [-0.05, 0) is 44.2 Å². The predicted octanol–water partition coefficient (Wildman–Crippen LogP) is 2.64. The van der Waals surface area contributed by atoms with Crippen LogP contribution in [0.1, 0.15) is 13.8 Å². The minimum atomic E-state index is -0.945. The molecular formula is C18H21ClN4O2. The Morgan fingerprint density at radius 1 is 1.08 bits per heavy atom. The number of ether oxygens (including phenoxy) is 1. The molecule has 1 fully saturated rings. The van der Waals surface area contributed by atoms with Gasteiger partial charge in [-0.15, -0.1) is 0 Å². The average molecular weight is 361 g/mol. The molecule has 0 unspecified atom stereocenters. The van der Waals surface area contributed by atoms with Crippen LogP contribution >= 0.6 is 11.6 Å². The second-order valence-corrected chi connectivity index (χ2v) is 6.83. The predicted molar refractivity (Wildman–Crippen MR) is 97.0 cm³/mol. The van der Waals surface area contributed by atoms with E-state index in [1.165, 1.54) is 0 Å². The highest BCUT2D eigenvalue weighted by molar-refractivity contribution is 6.30. The lowest BCUT2D eigenvalue weighted by Gasteiger charge is -2.38. The van der Waals surface area contributed by atoms with Crippen molar-refractivity contribution in [2.24, 2.45) is 0 Å². The molecule has 1 saturated heterocycles. The minimum Gasteiger partial charge on any atom is -0.478 e. The molecule has 1 aliphatic rings. The molecule has 2 aromatic rings. The summed E-state index contributed by atoms with van der Waals surface area (Å²) in [6.45, 7) is 6.21. The quantitative estimate of drug-likeness (QED) is 0.838. The van der Waals surface area contributed by atoms with Gasteiger partial charge in [-0.25, -0.2) is 9.97 Å². The van der Waals surface area contributed by atoms with Crippen molar-refractivity contribution >= 4 is 23.5 Å². The summed E-state index contributed by atoms with van der Waals surface area (Å²) in [5.41, 5.74) is -0.945. The zero-order valence-electron chi connectivity index (χ0n) is 14.4. The van der Waals surface area contributed by atoms with E-state index in [1.54, 1.807) is 56.6 Å². The SMILES string of the molecule is CC(C)(Oc1ccc(Cl)cc1)C(=O)N1CCN(c2ncccn2)CC1. The fraction of sp³-hybridized carbons (Fsp3) is 0.389. The minimum absolute atomic E-state index is 0.0314. The number of nitrogens with zero attached hydrogens (tertiary/aromatic N) is 4. The topological polar surface area (TPSA) is 58.6 Å². The molecule has 2 heterocycles. The monoisotopic (exact) mass is 360 g/mol. The smallest absolute Gasteiger partial charge is 0.266 e. The molecule has 0 N–H and O–H groups in total. The standard InChI is InChI=1S/C18H21ClN4O2/c1-18(2,25-15-6-4-14(19)5-7-15)16(24)22-10-12-23(13-11-22)17-20-8-3-9-21-17/h3-9H,10-13H2,1-2H3. The summed E-state index contributed by atoms with van der Waals surface area (Å²) in [7, 11) is 0. The third-order valence-electron chi connectivity index (χ3n) is 4.10. The zero-order chi connectivity index (χ0) is 17.9. The van der Waals surface area contributed by atoms with E-state index in [4.69, 9.17) is 16.3 Å². The van der Waals surface area contributed by atoms with Gasteiger partial charge in [0.2, 0.25) is 5.95 Å². The Kier molecular flexibility index (Phi) is 5.08. The van der Waals surface area contributed by atoms with Crippen molar-refractivity contribution in [1.82, 2.24) is 14.9 Å². The summed E-state index contributed by atoms with van der Waals surface area (Å²) in [4.78, 5) is 25.3. The van der Waals surface area contributed by atoms with E-state index in [2.05, 4.69) is 14.9 Å². The van der Waals surface area contributed by atoms with E-state index in [-0.39, 0.29) is 5.91 Å². The van der Waals surface area contributed by atoms with Crippen LogP contribution in [0.25, 0.3) is 0 Å². The second-order valence-electron chi connectivity index (χ2n) is 6.39. The number of anilines is 1. The van der Waals surface area contributed by atoms with Crippen LogP contribution in [0.4, 0.5) is 5.95 Å². The van der Waals surface area contributed by atoms with Crippen LogP contribution < -0.4 is 9.64 Å². The molecule has 1 aromatic carbocycles. The lowest BCUT2D eigenvalue weighted by Crippen LogP contribution is -2.56. The highest BCUT2D eigenvalue weighted by Crippen LogP contribution is 2.23. The number of amides is 1. The molecule has 0 atom stereocenters. The molecule has 0 bridgehead atoms. The number of carbonyl (C=O) groups is 1. The number of carbonyl (C=O) groups excluding carboxylic acids is 1. The Bertz CT molecular complexity index is 714. The maximum Gasteiger partial charge on any atom is 0.266 e. The van der Waals surface area contributed by atoms with E-state index in [9.17, 15) is 4.79 Å². The van der Waals surface area contributed by atoms with E-state index in [0.29, 0.717) is 42.9 Å². The first-order valence-corrected chi connectivity index (χ1v) is 8.59. The summed E-state index contributed by atoms with van der Waals surface area (Å²) >= 11 is 5.89. The third-order valence-corrected chi connectivity index (χ3v) is 4.36. The Balaban J connectivity index is 1.60. The van der Waals surface area contributed by atoms with Crippen molar-refractivity contribution in [3.8, 4) is 5.75 Å². The van der Waals surface area contributed by atoms with E-state index in [1.807, 2.05) is 4.90 Å². The summed E-state index contributed by atoms with van der Waals surface area (Å²) in [6.07, 6.45) is 3.45. The molecule has 3 rings (SSSR count). The van der Waals surface area contributed by atoms with Gasteiger partial charge in [0.15, 0.2) is 5.60 Å². The Morgan fingerprint density at radius 3 is 2.28 bits per heavy atom. The van der Waals surface area contributed by atoms with Gasteiger partial charge in [0.1, 0.15) is 5.75 Å². The van der Waals surface area contributed by atoms with E-state index < -0.39 is 5.60 Å². The van der Waals surface area contributed by atoms with E-state index >= 15 is 0 Å². The fourth-order valence-electron chi connectivity index (χ4n) is 2.79. The molecule has 132 valence electrons. The number of rotatable bonds is 4. The number of halogens is 1. The van der Waals surface area contributed by atoms with Crippen molar-refractivity contribution in [2.45, 2.75) is 19.4 Å². The Hall–Kier alpha value is -2.34. The van der Waals surface area contributed by atoms with Crippen LogP contribution in [-0.4, -0.2) is 52.6 Å². The first-order valence-electron chi connectivity index (χ1n) is 8.22. The number of benzene rings is 1. The summed E-state index contributed by atoms with van der Waals surface area (Å²) in [5, 5.41) is 0.635. The Morgan fingerprint density at radius 2 is 1.68 bits per heavy atom. The molecule has 0 saturated carbocycles. The molecule has 7 heteroatoms. The van der Waals surface area contributed by atoms with Crippen molar-refractivity contribution < 1.29 is 9.53 Å². The fourth-order valence-corrected chi connectivity index (χ4v) is 2.91. The number of aromatic nitrogens is 2. The van der Waals surface area contributed by atoms with Crippen LogP contribution in [-0.2, 0) is 4.79 Å². The average Bonchev–Trinajstić information content (AvgIpc) is 2.64. The summed E-state index contributed by atoms with van der Waals surface area (Å²) in [5.74, 6) is 1.29. The van der Waals surface area contributed by atoms with Gasteiger partial charge in [-0.2, -0.15) is 0 Å². The third kappa shape index (κ3) is 4.20. The maximum absolute atomic E-state index is 12.9. The molecule has 0 radical (unpaired) electrons. The van der Waals surface area contributed by atoms with Crippen molar-refractivity contribution in [1.29, 1.82) is 0 Å². The summed E-state index contributed by atoms with van der Waals surface area (Å²) < 4.78 is 5.90. The normalized spacial score (nSPS) is 15.2. The van der Waals surface area contributed by atoms with Gasteiger partial charge in [0.25, 0.3) is 5.91 Å². The van der Waals surface area contributed by atoms with Gasteiger partial charge in [0, 0.05) is 43.6 Å². The van der Waals surface area contributed by atoms with Crippen LogP contribution in [0.3, 0.4) is 0 Å². The first-order chi connectivity index (χ1) is 12.0. The number of piperazine rings is 1. The van der Waals surface area contributed by atoms with Crippen LogP contribution in [0, 0.1) is 0 Å². The van der Waals surface area contributed by atoms with Gasteiger partial charge in [-0.1, -0.05) is 11.6 Å². The molecule has 1 aliphatic heterocycles. The number of hydrogen-bond donors (Lipinski definition) is 0. The zero-order valence-corrected chi connectivity index (χ0v) is 15.1. The van der Waals surface area contributed by atoms with Gasteiger partial charge in [0.05, 0.1) is 0 Å². The van der Waals surface area contributed by atoms with E-state index in [0.717, 1.165) is 0 Å². The highest BCUT2D eigenvalue weighted by atomic mass is 35.5. The van der Waals surface area contributed by atoms with Crippen molar-refractivity contribution in [3.63, 3.8) is 0 Å². The lowest BCUT2D eigenvalue weighted by atomic mass is 10.1. The molecule has 6 nitrogen and oxygen atoms in total. The molecular weight excluding hydrogens is 340 g/mol.